The van der Waals surface area contributed by atoms with Gasteiger partial charge in [0, 0.05) is 19.8 Å². The van der Waals surface area contributed by atoms with E-state index in [9.17, 15) is 4.79 Å². The minimum absolute atomic E-state index is 0.124. The van der Waals surface area contributed by atoms with E-state index in [1.54, 1.807) is 10.9 Å². The van der Waals surface area contributed by atoms with Gasteiger partial charge in [-0.25, -0.2) is 0 Å². The summed E-state index contributed by atoms with van der Waals surface area (Å²) in [4.78, 5) is 14.8. The van der Waals surface area contributed by atoms with Gasteiger partial charge in [-0.05, 0) is 25.5 Å². The number of hydrogen-bond acceptors (Lipinski definition) is 3. The summed E-state index contributed by atoms with van der Waals surface area (Å²) in [6.45, 7) is 5.74. The van der Waals surface area contributed by atoms with Crippen molar-refractivity contribution in [2.45, 2.75) is 25.4 Å². The van der Waals surface area contributed by atoms with Crippen molar-refractivity contribution in [3.63, 3.8) is 0 Å². The minimum Gasteiger partial charge on any atom is -0.367 e. The second-order valence-corrected chi connectivity index (χ2v) is 6.31. The molecule has 0 aliphatic carbocycles. The molecule has 1 aliphatic rings. The Kier molecular flexibility index (Phi) is 4.22. The lowest BCUT2D eigenvalue weighted by Crippen LogP contribution is -2.51. The summed E-state index contributed by atoms with van der Waals surface area (Å²) in [5.74, 6) is -0.0836. The van der Waals surface area contributed by atoms with E-state index in [-0.39, 0.29) is 11.8 Å². The highest BCUT2D eigenvalue weighted by Gasteiger charge is 2.37. The Morgan fingerprint density at radius 1 is 1.30 bits per heavy atom. The summed E-state index contributed by atoms with van der Waals surface area (Å²) >= 11 is 0. The first-order valence-electron chi connectivity index (χ1n) is 7.97. The highest BCUT2D eigenvalue weighted by Crippen LogP contribution is 2.30. The fourth-order valence-corrected chi connectivity index (χ4v) is 3.23. The molecule has 23 heavy (non-hydrogen) atoms. The molecule has 1 aliphatic heterocycles. The van der Waals surface area contributed by atoms with Crippen LogP contribution in [0.1, 0.15) is 31.0 Å². The second-order valence-electron chi connectivity index (χ2n) is 6.31. The SMILES string of the molecule is CC(C(=O)N1CCOC(C)(c2ccccc2)C1)c1ccnn1C. The summed E-state index contributed by atoms with van der Waals surface area (Å²) in [6.07, 6.45) is 1.73. The highest BCUT2D eigenvalue weighted by molar-refractivity contribution is 5.83. The van der Waals surface area contributed by atoms with Gasteiger partial charge in [0.25, 0.3) is 0 Å². The average molecular weight is 313 g/mol. The zero-order valence-electron chi connectivity index (χ0n) is 13.9. The molecular formula is C18H23N3O2. The number of carbonyl (C=O) groups is 1. The van der Waals surface area contributed by atoms with E-state index in [0.717, 1.165) is 11.3 Å². The monoisotopic (exact) mass is 313 g/mol. The molecule has 122 valence electrons. The van der Waals surface area contributed by atoms with Gasteiger partial charge < -0.3 is 9.64 Å². The van der Waals surface area contributed by atoms with E-state index in [0.29, 0.717) is 19.7 Å². The number of rotatable bonds is 3. The van der Waals surface area contributed by atoms with Crippen LogP contribution in [0.15, 0.2) is 42.6 Å². The second kappa shape index (κ2) is 6.16. The molecule has 1 fully saturated rings. The lowest BCUT2D eigenvalue weighted by molar-refractivity contribution is -0.151. The summed E-state index contributed by atoms with van der Waals surface area (Å²) < 4.78 is 7.78. The first-order valence-corrected chi connectivity index (χ1v) is 7.97. The summed E-state index contributed by atoms with van der Waals surface area (Å²) in [5.41, 5.74) is 1.58. The molecule has 1 aromatic carbocycles. The molecule has 1 amide bonds. The van der Waals surface area contributed by atoms with Gasteiger partial charge in [0.2, 0.25) is 5.91 Å². The Morgan fingerprint density at radius 3 is 2.70 bits per heavy atom. The molecule has 0 saturated carbocycles. The normalized spacial score (nSPS) is 22.8. The van der Waals surface area contributed by atoms with Crippen molar-refractivity contribution in [3.05, 3.63) is 53.9 Å². The first kappa shape index (κ1) is 15.7. The van der Waals surface area contributed by atoms with E-state index in [4.69, 9.17) is 4.74 Å². The molecule has 2 aromatic rings. The maximum absolute atomic E-state index is 12.9. The number of aryl methyl sites for hydroxylation is 1. The Hall–Kier alpha value is -2.14. The maximum atomic E-state index is 12.9. The van der Waals surface area contributed by atoms with Crippen molar-refractivity contribution in [1.29, 1.82) is 0 Å². The van der Waals surface area contributed by atoms with E-state index < -0.39 is 5.60 Å². The number of nitrogens with zero attached hydrogens (tertiary/aromatic N) is 3. The summed E-state index contributed by atoms with van der Waals surface area (Å²) in [7, 11) is 1.87. The van der Waals surface area contributed by atoms with E-state index in [1.165, 1.54) is 0 Å². The fraction of sp³-hybridized carbons (Fsp3) is 0.444. The molecule has 5 heteroatoms. The molecule has 1 aromatic heterocycles. The maximum Gasteiger partial charge on any atom is 0.231 e. The quantitative estimate of drug-likeness (QED) is 0.873. The Labute approximate surface area is 136 Å². The van der Waals surface area contributed by atoms with Crippen LogP contribution in [0.2, 0.25) is 0 Å². The van der Waals surface area contributed by atoms with Gasteiger partial charge >= 0.3 is 0 Å². The van der Waals surface area contributed by atoms with E-state index >= 15 is 0 Å². The third-order valence-electron chi connectivity index (χ3n) is 4.64. The third-order valence-corrected chi connectivity index (χ3v) is 4.64. The molecule has 2 atom stereocenters. The van der Waals surface area contributed by atoms with Crippen LogP contribution in [0.25, 0.3) is 0 Å². The number of aromatic nitrogens is 2. The molecule has 0 radical (unpaired) electrons. The molecule has 0 bridgehead atoms. The highest BCUT2D eigenvalue weighted by atomic mass is 16.5. The predicted molar refractivity (Wildman–Crippen MR) is 87.9 cm³/mol. The van der Waals surface area contributed by atoms with Crippen molar-refractivity contribution in [3.8, 4) is 0 Å². The molecule has 2 heterocycles. The van der Waals surface area contributed by atoms with Gasteiger partial charge in [-0.3, -0.25) is 9.48 Å². The van der Waals surface area contributed by atoms with Crippen molar-refractivity contribution in [1.82, 2.24) is 14.7 Å². The van der Waals surface area contributed by atoms with Gasteiger partial charge in [-0.2, -0.15) is 5.10 Å². The zero-order chi connectivity index (χ0) is 16.4. The van der Waals surface area contributed by atoms with Crippen LogP contribution < -0.4 is 0 Å². The average Bonchev–Trinajstić information content (AvgIpc) is 3.00. The summed E-state index contributed by atoms with van der Waals surface area (Å²) in [6, 6.07) is 12.0. The van der Waals surface area contributed by atoms with Crippen LogP contribution in [0, 0.1) is 0 Å². The standard InChI is InChI=1S/C18H23N3O2/c1-14(16-9-10-19-20(16)3)17(22)21-11-12-23-18(2,13-21)15-7-5-4-6-8-15/h4-10,14H,11-13H2,1-3H3. The largest absolute Gasteiger partial charge is 0.367 e. The Bertz CT molecular complexity index is 683. The van der Waals surface area contributed by atoms with Crippen LogP contribution in [-0.4, -0.2) is 40.3 Å². The summed E-state index contributed by atoms with van der Waals surface area (Å²) in [5, 5.41) is 4.16. The Balaban J connectivity index is 1.78. The topological polar surface area (TPSA) is 47.4 Å². The molecule has 1 saturated heterocycles. The molecule has 0 spiro atoms. The minimum atomic E-state index is -0.457. The Morgan fingerprint density at radius 2 is 2.04 bits per heavy atom. The van der Waals surface area contributed by atoms with Crippen LogP contribution in [0.4, 0.5) is 0 Å². The molecule has 5 nitrogen and oxygen atoms in total. The van der Waals surface area contributed by atoms with E-state index in [1.807, 2.05) is 43.1 Å². The molecular weight excluding hydrogens is 290 g/mol. The van der Waals surface area contributed by atoms with Gasteiger partial charge in [-0.1, -0.05) is 30.3 Å². The van der Waals surface area contributed by atoms with Crippen molar-refractivity contribution in [2.24, 2.45) is 7.05 Å². The predicted octanol–water partition coefficient (Wildman–Crippen LogP) is 2.30. The number of morpholine rings is 1. The lowest BCUT2D eigenvalue weighted by Gasteiger charge is -2.41. The van der Waals surface area contributed by atoms with Crippen molar-refractivity contribution < 1.29 is 9.53 Å². The van der Waals surface area contributed by atoms with Crippen molar-refractivity contribution in [2.75, 3.05) is 19.7 Å². The molecule has 2 unspecified atom stereocenters. The fourth-order valence-electron chi connectivity index (χ4n) is 3.23. The van der Waals surface area contributed by atoms with Crippen LogP contribution in [-0.2, 0) is 22.2 Å². The van der Waals surface area contributed by atoms with Gasteiger partial charge in [-0.15, -0.1) is 0 Å². The molecule has 3 rings (SSSR count). The number of hydrogen-bond donors (Lipinski definition) is 0. The third kappa shape index (κ3) is 3.01. The number of amides is 1. The van der Waals surface area contributed by atoms with E-state index in [2.05, 4.69) is 24.2 Å². The number of ether oxygens (including phenoxy) is 1. The first-order chi connectivity index (χ1) is 11.0. The molecule has 0 N–H and O–H groups in total. The van der Waals surface area contributed by atoms with Gasteiger partial charge in [0.05, 0.1) is 24.8 Å². The smallest absolute Gasteiger partial charge is 0.231 e. The zero-order valence-corrected chi connectivity index (χ0v) is 13.9. The lowest BCUT2D eigenvalue weighted by atomic mass is 9.93. The van der Waals surface area contributed by atoms with Gasteiger partial charge in [0.1, 0.15) is 5.60 Å². The van der Waals surface area contributed by atoms with Crippen LogP contribution in [0.5, 0.6) is 0 Å². The van der Waals surface area contributed by atoms with Crippen LogP contribution >= 0.6 is 0 Å². The number of benzene rings is 1. The van der Waals surface area contributed by atoms with Crippen molar-refractivity contribution >= 4 is 5.91 Å². The van der Waals surface area contributed by atoms with Gasteiger partial charge in [0.15, 0.2) is 0 Å². The van der Waals surface area contributed by atoms with Crippen LogP contribution in [0.3, 0.4) is 0 Å². The number of carbonyl (C=O) groups excluding carboxylic acids is 1.